The Balaban J connectivity index is 2.12. The molecule has 2 aromatic heterocycles. The van der Waals surface area contributed by atoms with E-state index in [2.05, 4.69) is 20.3 Å². The summed E-state index contributed by atoms with van der Waals surface area (Å²) >= 11 is 1.61. The normalized spacial score (nSPS) is 10.3. The summed E-state index contributed by atoms with van der Waals surface area (Å²) in [6, 6.07) is 0. The van der Waals surface area contributed by atoms with Gasteiger partial charge in [0.2, 0.25) is 0 Å². The summed E-state index contributed by atoms with van der Waals surface area (Å²) in [5.74, 6) is 1.34. The predicted molar refractivity (Wildman–Crippen MR) is 65.3 cm³/mol. The van der Waals surface area contributed by atoms with Crippen LogP contribution < -0.4 is 11.1 Å². The Morgan fingerprint density at radius 1 is 1.38 bits per heavy atom. The minimum atomic E-state index is 0.541. The fourth-order valence-corrected chi connectivity index (χ4v) is 1.98. The van der Waals surface area contributed by atoms with Crippen molar-refractivity contribution in [3.63, 3.8) is 0 Å². The molecule has 0 spiro atoms. The van der Waals surface area contributed by atoms with Gasteiger partial charge < -0.3 is 11.1 Å². The zero-order valence-corrected chi connectivity index (χ0v) is 9.79. The second-order valence-electron chi connectivity index (χ2n) is 3.22. The number of nitrogen functional groups attached to an aromatic ring is 1. The molecule has 3 N–H and O–H groups in total. The van der Waals surface area contributed by atoms with E-state index in [0.29, 0.717) is 12.4 Å². The Bertz CT molecular complexity index is 454. The first-order chi connectivity index (χ1) is 7.81. The molecule has 84 valence electrons. The predicted octanol–water partition coefficient (Wildman–Crippen LogP) is 1.69. The number of nitrogens with one attached hydrogen (secondary N) is 1. The van der Waals surface area contributed by atoms with Gasteiger partial charge in [-0.1, -0.05) is 6.92 Å². The van der Waals surface area contributed by atoms with Gasteiger partial charge in [0.15, 0.2) is 0 Å². The summed E-state index contributed by atoms with van der Waals surface area (Å²) in [5, 5.41) is 6.20. The highest BCUT2D eigenvalue weighted by atomic mass is 32.1. The Labute approximate surface area is 97.8 Å². The van der Waals surface area contributed by atoms with E-state index in [0.717, 1.165) is 22.8 Å². The Morgan fingerprint density at radius 3 is 2.94 bits per heavy atom. The molecule has 0 aliphatic heterocycles. The molecule has 0 atom stereocenters. The van der Waals surface area contributed by atoms with Crippen LogP contribution in [0.2, 0.25) is 0 Å². The van der Waals surface area contributed by atoms with E-state index in [4.69, 9.17) is 5.73 Å². The van der Waals surface area contributed by atoms with Crippen molar-refractivity contribution in [3.05, 3.63) is 28.5 Å². The lowest BCUT2D eigenvalue weighted by Crippen LogP contribution is -2.07. The first kappa shape index (κ1) is 10.8. The molecule has 0 aromatic carbocycles. The molecule has 0 aliphatic carbocycles. The number of nitrogens with zero attached hydrogens (tertiary/aromatic N) is 3. The van der Waals surface area contributed by atoms with E-state index < -0.39 is 0 Å². The van der Waals surface area contributed by atoms with Crippen LogP contribution in [-0.2, 0) is 13.0 Å². The minimum absolute atomic E-state index is 0.541. The van der Waals surface area contributed by atoms with Gasteiger partial charge in [-0.05, 0) is 6.42 Å². The average molecular weight is 235 g/mol. The minimum Gasteiger partial charge on any atom is -0.383 e. The van der Waals surface area contributed by atoms with Crippen molar-refractivity contribution in [1.29, 1.82) is 0 Å². The van der Waals surface area contributed by atoms with Gasteiger partial charge in [-0.3, -0.25) is 0 Å². The molecule has 5 nitrogen and oxygen atoms in total. The third-order valence-electron chi connectivity index (χ3n) is 2.22. The van der Waals surface area contributed by atoms with Crippen LogP contribution in [0.5, 0.6) is 0 Å². The molecule has 2 rings (SSSR count). The molecule has 0 unspecified atom stereocenters. The van der Waals surface area contributed by atoms with Crippen LogP contribution in [0.15, 0.2) is 17.9 Å². The van der Waals surface area contributed by atoms with Crippen LogP contribution in [0.25, 0.3) is 0 Å². The van der Waals surface area contributed by atoms with Crippen molar-refractivity contribution in [3.8, 4) is 0 Å². The summed E-state index contributed by atoms with van der Waals surface area (Å²) in [4.78, 5) is 12.3. The highest BCUT2D eigenvalue weighted by molar-refractivity contribution is 7.09. The number of hydrogen-bond acceptors (Lipinski definition) is 6. The Morgan fingerprint density at radius 2 is 2.25 bits per heavy atom. The number of nitrogens with two attached hydrogens (primary N) is 1. The highest BCUT2D eigenvalue weighted by Crippen LogP contribution is 2.18. The van der Waals surface area contributed by atoms with Crippen LogP contribution in [-0.4, -0.2) is 15.0 Å². The van der Waals surface area contributed by atoms with E-state index >= 15 is 0 Å². The maximum absolute atomic E-state index is 5.78. The molecule has 0 amide bonds. The van der Waals surface area contributed by atoms with Gasteiger partial charge in [0.05, 0.1) is 6.54 Å². The molecule has 0 saturated heterocycles. The molecule has 16 heavy (non-hydrogen) atoms. The van der Waals surface area contributed by atoms with E-state index in [-0.39, 0.29) is 0 Å². The van der Waals surface area contributed by atoms with Crippen molar-refractivity contribution in [2.45, 2.75) is 19.9 Å². The fraction of sp³-hybridized carbons (Fsp3) is 0.300. The van der Waals surface area contributed by atoms with Gasteiger partial charge in [-0.15, -0.1) is 11.3 Å². The highest BCUT2D eigenvalue weighted by Gasteiger charge is 2.06. The van der Waals surface area contributed by atoms with Gasteiger partial charge in [-0.25, -0.2) is 15.0 Å². The molecule has 0 bridgehead atoms. The van der Waals surface area contributed by atoms with Crippen LogP contribution >= 0.6 is 11.3 Å². The third kappa shape index (κ3) is 2.27. The molecule has 0 saturated carbocycles. The lowest BCUT2D eigenvalue weighted by molar-refractivity contribution is 1.01. The maximum Gasteiger partial charge on any atom is 0.135 e. The first-order valence-corrected chi connectivity index (χ1v) is 5.90. The molecule has 0 radical (unpaired) electrons. The Hall–Kier alpha value is -1.69. The van der Waals surface area contributed by atoms with E-state index in [9.17, 15) is 0 Å². The number of thiazole rings is 1. The lowest BCUT2D eigenvalue weighted by atomic mass is 10.2. The van der Waals surface area contributed by atoms with Crippen LogP contribution in [0.3, 0.4) is 0 Å². The van der Waals surface area contributed by atoms with Gasteiger partial charge in [0.1, 0.15) is 23.0 Å². The zero-order valence-electron chi connectivity index (χ0n) is 8.97. The van der Waals surface area contributed by atoms with Gasteiger partial charge in [0.25, 0.3) is 0 Å². The summed E-state index contributed by atoms with van der Waals surface area (Å²) < 4.78 is 0. The van der Waals surface area contributed by atoms with E-state index in [1.807, 2.05) is 12.3 Å². The smallest absolute Gasteiger partial charge is 0.135 e. The summed E-state index contributed by atoms with van der Waals surface area (Å²) in [5.41, 5.74) is 6.73. The molecule has 0 aliphatic rings. The average Bonchev–Trinajstić information content (AvgIpc) is 2.79. The van der Waals surface area contributed by atoms with Crippen LogP contribution in [0.4, 0.5) is 11.6 Å². The monoisotopic (exact) mass is 235 g/mol. The SMILES string of the molecule is CCc1c(N)ncnc1NCc1nccs1. The van der Waals surface area contributed by atoms with Gasteiger partial charge >= 0.3 is 0 Å². The quantitative estimate of drug-likeness (QED) is 0.843. The van der Waals surface area contributed by atoms with Crippen molar-refractivity contribution in [1.82, 2.24) is 15.0 Å². The van der Waals surface area contributed by atoms with Crippen molar-refractivity contribution < 1.29 is 0 Å². The molecular formula is C10H13N5S. The van der Waals surface area contributed by atoms with E-state index in [1.165, 1.54) is 6.33 Å². The molecule has 2 heterocycles. The molecule has 6 heteroatoms. The largest absolute Gasteiger partial charge is 0.383 e. The van der Waals surface area contributed by atoms with Crippen LogP contribution in [0, 0.1) is 0 Å². The second-order valence-corrected chi connectivity index (χ2v) is 4.20. The van der Waals surface area contributed by atoms with Crippen molar-refractivity contribution >= 4 is 23.0 Å². The molecular weight excluding hydrogens is 222 g/mol. The summed E-state index contributed by atoms with van der Waals surface area (Å²) in [6.07, 6.45) is 4.07. The van der Waals surface area contributed by atoms with Gasteiger partial charge in [-0.2, -0.15) is 0 Å². The topological polar surface area (TPSA) is 76.7 Å². The number of rotatable bonds is 4. The van der Waals surface area contributed by atoms with Gasteiger partial charge in [0, 0.05) is 17.1 Å². The zero-order chi connectivity index (χ0) is 11.4. The fourth-order valence-electron chi connectivity index (χ4n) is 1.43. The van der Waals surface area contributed by atoms with Crippen molar-refractivity contribution in [2.75, 3.05) is 11.1 Å². The standard InChI is InChI=1S/C10H13N5S/c1-2-7-9(11)14-6-15-10(7)13-5-8-12-3-4-16-8/h3-4,6H,2,5H2,1H3,(H3,11,13,14,15). The van der Waals surface area contributed by atoms with Crippen molar-refractivity contribution in [2.24, 2.45) is 0 Å². The third-order valence-corrected chi connectivity index (χ3v) is 3.00. The molecule has 2 aromatic rings. The number of aromatic nitrogens is 3. The Kier molecular flexibility index (Phi) is 3.31. The number of anilines is 2. The molecule has 0 fully saturated rings. The summed E-state index contributed by atoms with van der Waals surface area (Å²) in [6.45, 7) is 2.70. The lowest BCUT2D eigenvalue weighted by Gasteiger charge is -2.09. The van der Waals surface area contributed by atoms with Crippen LogP contribution in [0.1, 0.15) is 17.5 Å². The summed E-state index contributed by atoms with van der Waals surface area (Å²) in [7, 11) is 0. The number of hydrogen-bond donors (Lipinski definition) is 2. The first-order valence-electron chi connectivity index (χ1n) is 5.03. The van der Waals surface area contributed by atoms with E-state index in [1.54, 1.807) is 17.5 Å². The maximum atomic E-state index is 5.78. The second kappa shape index (κ2) is 4.89.